The molecular formula is C15H12N4O3. The Morgan fingerprint density at radius 2 is 2.05 bits per heavy atom. The van der Waals surface area contributed by atoms with Crippen LogP contribution < -0.4 is 16.6 Å². The third-order valence-corrected chi connectivity index (χ3v) is 3.19. The molecule has 7 nitrogen and oxygen atoms in total. The predicted molar refractivity (Wildman–Crippen MR) is 80.6 cm³/mol. The molecule has 22 heavy (non-hydrogen) atoms. The molecule has 0 spiro atoms. The first-order valence-corrected chi connectivity index (χ1v) is 6.57. The number of hydrogen-bond acceptors (Lipinski definition) is 4. The summed E-state index contributed by atoms with van der Waals surface area (Å²) < 4.78 is 0. The van der Waals surface area contributed by atoms with E-state index in [9.17, 15) is 14.4 Å². The zero-order chi connectivity index (χ0) is 15.5. The first-order chi connectivity index (χ1) is 10.6. The van der Waals surface area contributed by atoms with Crippen molar-refractivity contribution < 1.29 is 4.79 Å². The van der Waals surface area contributed by atoms with Crippen molar-refractivity contribution in [1.82, 2.24) is 20.3 Å². The average molecular weight is 296 g/mol. The fraction of sp³-hybridized carbons (Fsp3) is 0.0667. The molecule has 7 heteroatoms. The Hall–Kier alpha value is -3.22. The van der Waals surface area contributed by atoms with Gasteiger partial charge in [0.1, 0.15) is 0 Å². The van der Waals surface area contributed by atoms with E-state index in [1.807, 2.05) is 24.3 Å². The van der Waals surface area contributed by atoms with Gasteiger partial charge in [-0.25, -0.2) is 4.79 Å². The van der Waals surface area contributed by atoms with Crippen molar-refractivity contribution in [2.24, 2.45) is 0 Å². The predicted octanol–water partition coefficient (Wildman–Crippen LogP) is 0.541. The van der Waals surface area contributed by atoms with E-state index in [-0.39, 0.29) is 18.0 Å². The molecule has 2 aromatic heterocycles. The summed E-state index contributed by atoms with van der Waals surface area (Å²) in [5, 5.41) is 3.48. The summed E-state index contributed by atoms with van der Waals surface area (Å²) in [5.41, 5.74) is 0.358. The molecule has 0 aliphatic heterocycles. The Bertz CT molecular complexity index is 958. The highest BCUT2D eigenvalue weighted by Gasteiger charge is 2.08. The maximum atomic E-state index is 12.1. The molecule has 0 radical (unpaired) electrons. The number of aromatic amines is 2. The number of pyridine rings is 1. The molecule has 3 N–H and O–H groups in total. The van der Waals surface area contributed by atoms with E-state index in [0.29, 0.717) is 5.56 Å². The number of hydrogen-bond donors (Lipinski definition) is 3. The van der Waals surface area contributed by atoms with Crippen LogP contribution in [-0.4, -0.2) is 20.9 Å². The summed E-state index contributed by atoms with van der Waals surface area (Å²) in [5.74, 6) is -0.344. The number of benzene rings is 1. The summed E-state index contributed by atoms with van der Waals surface area (Å²) in [4.78, 5) is 43.2. The van der Waals surface area contributed by atoms with Crippen LogP contribution in [0, 0.1) is 0 Å². The molecule has 0 bridgehead atoms. The molecule has 0 aliphatic rings. The van der Waals surface area contributed by atoms with E-state index in [1.165, 1.54) is 12.4 Å². The van der Waals surface area contributed by atoms with Crippen LogP contribution in [0.1, 0.15) is 15.9 Å². The van der Waals surface area contributed by atoms with Crippen molar-refractivity contribution in [2.75, 3.05) is 0 Å². The van der Waals surface area contributed by atoms with Crippen molar-refractivity contribution in [3.8, 4) is 0 Å². The molecular weight excluding hydrogens is 284 g/mol. The summed E-state index contributed by atoms with van der Waals surface area (Å²) >= 11 is 0. The number of carbonyl (C=O) groups is 1. The third-order valence-electron chi connectivity index (χ3n) is 3.19. The minimum atomic E-state index is -0.584. The average Bonchev–Trinajstić information content (AvgIpc) is 2.53. The van der Waals surface area contributed by atoms with E-state index in [1.54, 1.807) is 6.07 Å². The maximum Gasteiger partial charge on any atom is 0.325 e. The van der Waals surface area contributed by atoms with Gasteiger partial charge in [-0.2, -0.15) is 0 Å². The fourth-order valence-corrected chi connectivity index (χ4v) is 2.04. The molecule has 0 saturated carbocycles. The van der Waals surface area contributed by atoms with Crippen molar-refractivity contribution in [3.05, 3.63) is 74.7 Å². The summed E-state index contributed by atoms with van der Waals surface area (Å²) in [6, 6.07) is 9.19. The van der Waals surface area contributed by atoms with Gasteiger partial charge in [0, 0.05) is 24.3 Å². The number of amides is 1. The fourth-order valence-electron chi connectivity index (χ4n) is 2.04. The number of carbonyl (C=O) groups excluding carboxylic acids is 1. The number of nitrogens with one attached hydrogen (secondary N) is 3. The van der Waals surface area contributed by atoms with Gasteiger partial charge in [-0.05, 0) is 12.1 Å². The van der Waals surface area contributed by atoms with Crippen LogP contribution in [-0.2, 0) is 6.54 Å². The van der Waals surface area contributed by atoms with E-state index < -0.39 is 11.2 Å². The van der Waals surface area contributed by atoms with Gasteiger partial charge in [-0.3, -0.25) is 19.6 Å². The van der Waals surface area contributed by atoms with Gasteiger partial charge in [0.15, 0.2) is 0 Å². The van der Waals surface area contributed by atoms with Crippen LogP contribution in [0.4, 0.5) is 0 Å². The molecule has 110 valence electrons. The van der Waals surface area contributed by atoms with Gasteiger partial charge < -0.3 is 10.3 Å². The quantitative estimate of drug-likeness (QED) is 0.655. The topological polar surface area (TPSA) is 108 Å². The number of para-hydroxylation sites is 1. The highest BCUT2D eigenvalue weighted by molar-refractivity contribution is 5.97. The normalized spacial score (nSPS) is 10.5. The molecule has 3 rings (SSSR count). The van der Waals surface area contributed by atoms with Crippen LogP contribution in [0.25, 0.3) is 10.9 Å². The lowest BCUT2D eigenvalue weighted by molar-refractivity contribution is 0.0950. The van der Waals surface area contributed by atoms with Crippen LogP contribution >= 0.6 is 0 Å². The van der Waals surface area contributed by atoms with E-state index in [4.69, 9.17) is 0 Å². The second kappa shape index (κ2) is 5.65. The molecule has 0 atom stereocenters. The third kappa shape index (κ3) is 2.78. The lowest BCUT2D eigenvalue weighted by Crippen LogP contribution is -2.30. The van der Waals surface area contributed by atoms with E-state index in [2.05, 4.69) is 20.3 Å². The zero-order valence-corrected chi connectivity index (χ0v) is 11.4. The zero-order valence-electron chi connectivity index (χ0n) is 11.4. The lowest BCUT2D eigenvalue weighted by Gasteiger charge is -2.05. The molecule has 1 aromatic carbocycles. The van der Waals surface area contributed by atoms with E-state index >= 15 is 0 Å². The van der Waals surface area contributed by atoms with Crippen molar-refractivity contribution in [3.63, 3.8) is 0 Å². The molecule has 0 fully saturated rings. The highest BCUT2D eigenvalue weighted by Crippen LogP contribution is 2.12. The molecule has 0 unspecified atom stereocenters. The summed E-state index contributed by atoms with van der Waals surface area (Å²) in [6.07, 6.45) is 2.76. The minimum absolute atomic E-state index is 0.0117. The second-order valence-corrected chi connectivity index (χ2v) is 4.70. The number of rotatable bonds is 3. The molecule has 0 aliphatic carbocycles. The first kappa shape index (κ1) is 13.7. The van der Waals surface area contributed by atoms with Crippen molar-refractivity contribution >= 4 is 16.8 Å². The Kier molecular flexibility index (Phi) is 3.53. The summed E-state index contributed by atoms with van der Waals surface area (Å²) in [6.45, 7) is 0.0117. The monoisotopic (exact) mass is 296 g/mol. The number of nitrogens with zero attached hydrogens (tertiary/aromatic N) is 1. The van der Waals surface area contributed by atoms with Gasteiger partial charge in [-0.1, -0.05) is 18.2 Å². The van der Waals surface area contributed by atoms with Gasteiger partial charge in [0.05, 0.1) is 16.6 Å². The molecule has 0 saturated heterocycles. The maximum absolute atomic E-state index is 12.1. The lowest BCUT2D eigenvalue weighted by atomic mass is 10.1. The number of H-pyrrole nitrogens is 2. The SMILES string of the molecule is O=C(NCc1c[nH]c(=O)[nH]c1=O)c1cnc2ccccc2c1. The number of aromatic nitrogens is 3. The number of fused-ring (bicyclic) bond motifs is 1. The van der Waals surface area contributed by atoms with Gasteiger partial charge in [-0.15, -0.1) is 0 Å². The smallest absolute Gasteiger partial charge is 0.325 e. The second-order valence-electron chi connectivity index (χ2n) is 4.70. The Balaban J connectivity index is 1.78. The van der Waals surface area contributed by atoms with Crippen LogP contribution in [0.15, 0.2) is 52.3 Å². The van der Waals surface area contributed by atoms with Crippen molar-refractivity contribution in [2.45, 2.75) is 6.54 Å². The first-order valence-electron chi connectivity index (χ1n) is 6.57. The van der Waals surface area contributed by atoms with Crippen LogP contribution in [0.5, 0.6) is 0 Å². The Morgan fingerprint density at radius 3 is 2.86 bits per heavy atom. The van der Waals surface area contributed by atoms with Crippen molar-refractivity contribution in [1.29, 1.82) is 0 Å². The van der Waals surface area contributed by atoms with E-state index in [0.717, 1.165) is 10.9 Å². The Labute approximate surface area is 124 Å². The largest absolute Gasteiger partial charge is 0.348 e. The summed E-state index contributed by atoms with van der Waals surface area (Å²) in [7, 11) is 0. The van der Waals surface area contributed by atoms with Crippen LogP contribution in [0.3, 0.4) is 0 Å². The Morgan fingerprint density at radius 1 is 1.23 bits per heavy atom. The highest BCUT2D eigenvalue weighted by atomic mass is 16.2. The van der Waals surface area contributed by atoms with Gasteiger partial charge in [0.2, 0.25) is 0 Å². The molecule has 2 heterocycles. The molecule has 3 aromatic rings. The minimum Gasteiger partial charge on any atom is -0.348 e. The van der Waals surface area contributed by atoms with Gasteiger partial charge in [0.25, 0.3) is 11.5 Å². The van der Waals surface area contributed by atoms with Crippen LogP contribution in [0.2, 0.25) is 0 Å². The van der Waals surface area contributed by atoms with Gasteiger partial charge >= 0.3 is 5.69 Å². The standard InChI is InChI=1S/C15H12N4O3/c20-13(17-7-11-8-18-15(22)19-14(11)21)10-5-9-3-1-2-4-12(9)16-6-10/h1-6,8H,7H2,(H,17,20)(H2,18,19,21,22). The molecule has 1 amide bonds.